The summed E-state index contributed by atoms with van der Waals surface area (Å²) in [7, 11) is 2.19. The van der Waals surface area contributed by atoms with Gasteiger partial charge in [0.2, 0.25) is 0 Å². The Labute approximate surface area is 123 Å². The third kappa shape index (κ3) is 3.73. The molecule has 0 aromatic rings. The van der Waals surface area contributed by atoms with Crippen molar-refractivity contribution in [3.63, 3.8) is 0 Å². The number of carboxylic acids is 1. The molecular weight excluding hydrogens is 252 g/mol. The highest BCUT2D eigenvalue weighted by Crippen LogP contribution is 2.30. The molecule has 2 fully saturated rings. The first kappa shape index (κ1) is 15.8. The molecule has 1 saturated carbocycles. The number of aliphatic carboxylic acids is 1. The Hall–Kier alpha value is -0.610. The van der Waals surface area contributed by atoms with Gasteiger partial charge in [0, 0.05) is 25.2 Å². The standard InChI is InChI=1S/C16H30N2O2/c1-3-13-12-17(2)10-7-11-18(13)15-9-6-4-5-8-14(15)16(19)20/h13-15H,3-12H2,1-2H3,(H,19,20). The van der Waals surface area contributed by atoms with Crippen molar-refractivity contribution >= 4 is 5.97 Å². The van der Waals surface area contributed by atoms with E-state index in [-0.39, 0.29) is 12.0 Å². The van der Waals surface area contributed by atoms with Crippen LogP contribution in [0.1, 0.15) is 51.9 Å². The lowest BCUT2D eigenvalue weighted by molar-refractivity contribution is -0.145. The van der Waals surface area contributed by atoms with Crippen LogP contribution >= 0.6 is 0 Å². The van der Waals surface area contributed by atoms with Crippen LogP contribution in [0.25, 0.3) is 0 Å². The van der Waals surface area contributed by atoms with E-state index in [1.54, 1.807) is 0 Å². The molecule has 1 N–H and O–H groups in total. The molecule has 0 bridgehead atoms. The van der Waals surface area contributed by atoms with E-state index in [1.165, 1.54) is 12.8 Å². The predicted molar refractivity (Wildman–Crippen MR) is 80.9 cm³/mol. The van der Waals surface area contributed by atoms with E-state index in [2.05, 4.69) is 23.8 Å². The fourth-order valence-corrected chi connectivity index (χ4v) is 4.04. The lowest BCUT2D eigenvalue weighted by Gasteiger charge is -2.39. The summed E-state index contributed by atoms with van der Waals surface area (Å²) in [5.74, 6) is -0.737. The number of hydrogen-bond acceptors (Lipinski definition) is 3. The van der Waals surface area contributed by atoms with Gasteiger partial charge < -0.3 is 10.0 Å². The maximum Gasteiger partial charge on any atom is 0.308 e. The molecule has 2 aliphatic rings. The van der Waals surface area contributed by atoms with Gasteiger partial charge in [-0.1, -0.05) is 26.2 Å². The van der Waals surface area contributed by atoms with Crippen molar-refractivity contribution in [3.8, 4) is 0 Å². The summed E-state index contributed by atoms with van der Waals surface area (Å²) in [6.45, 7) is 5.53. The van der Waals surface area contributed by atoms with E-state index in [4.69, 9.17) is 0 Å². The first-order valence-electron chi connectivity index (χ1n) is 8.30. The summed E-state index contributed by atoms with van der Waals surface area (Å²) in [6, 6.07) is 0.777. The van der Waals surface area contributed by atoms with Crippen LogP contribution in [0.4, 0.5) is 0 Å². The number of rotatable bonds is 3. The van der Waals surface area contributed by atoms with Gasteiger partial charge in [-0.2, -0.15) is 0 Å². The monoisotopic (exact) mass is 282 g/mol. The van der Waals surface area contributed by atoms with Gasteiger partial charge in [0.1, 0.15) is 0 Å². The molecule has 116 valence electrons. The van der Waals surface area contributed by atoms with Gasteiger partial charge >= 0.3 is 5.97 Å². The number of likely N-dealkylation sites (N-methyl/N-ethyl adjacent to an activating group) is 1. The zero-order chi connectivity index (χ0) is 14.5. The zero-order valence-corrected chi connectivity index (χ0v) is 13.1. The molecule has 0 aromatic heterocycles. The van der Waals surface area contributed by atoms with Crippen molar-refractivity contribution in [3.05, 3.63) is 0 Å². The topological polar surface area (TPSA) is 43.8 Å². The first-order valence-corrected chi connectivity index (χ1v) is 8.30. The van der Waals surface area contributed by atoms with Crippen LogP contribution in [0, 0.1) is 5.92 Å². The van der Waals surface area contributed by atoms with E-state index in [0.717, 1.165) is 51.7 Å². The second-order valence-electron chi connectivity index (χ2n) is 6.57. The third-order valence-corrected chi connectivity index (χ3v) is 5.14. The lowest BCUT2D eigenvalue weighted by atomic mass is 9.91. The number of carbonyl (C=O) groups is 1. The maximum absolute atomic E-state index is 11.7. The Bertz CT molecular complexity index is 322. The van der Waals surface area contributed by atoms with Crippen molar-refractivity contribution in [2.24, 2.45) is 5.92 Å². The Morgan fingerprint density at radius 3 is 2.60 bits per heavy atom. The van der Waals surface area contributed by atoms with Crippen LogP contribution in [0.3, 0.4) is 0 Å². The second kappa shape index (κ2) is 7.41. The minimum atomic E-state index is -0.579. The average molecular weight is 282 g/mol. The van der Waals surface area contributed by atoms with Crippen LogP contribution in [-0.2, 0) is 4.79 Å². The molecule has 3 atom stereocenters. The molecule has 0 radical (unpaired) electrons. The molecule has 0 aromatic carbocycles. The SMILES string of the molecule is CCC1CN(C)CCCN1C1CCCCCC1C(=O)O. The summed E-state index contributed by atoms with van der Waals surface area (Å²) >= 11 is 0. The van der Waals surface area contributed by atoms with Gasteiger partial charge in [-0.05, 0) is 39.3 Å². The largest absolute Gasteiger partial charge is 0.481 e. The summed E-state index contributed by atoms with van der Waals surface area (Å²) in [5.41, 5.74) is 0. The molecule has 4 nitrogen and oxygen atoms in total. The number of nitrogens with zero attached hydrogens (tertiary/aromatic N) is 2. The molecule has 1 heterocycles. The minimum absolute atomic E-state index is 0.157. The second-order valence-corrected chi connectivity index (χ2v) is 6.57. The van der Waals surface area contributed by atoms with Crippen LogP contribution in [0.15, 0.2) is 0 Å². The van der Waals surface area contributed by atoms with Gasteiger partial charge in [0.25, 0.3) is 0 Å². The molecule has 1 saturated heterocycles. The van der Waals surface area contributed by atoms with Gasteiger partial charge in [0.05, 0.1) is 5.92 Å². The zero-order valence-electron chi connectivity index (χ0n) is 13.1. The number of carboxylic acid groups (broad SMARTS) is 1. The third-order valence-electron chi connectivity index (χ3n) is 5.14. The Balaban J connectivity index is 2.16. The quantitative estimate of drug-likeness (QED) is 0.808. The summed E-state index contributed by atoms with van der Waals surface area (Å²) in [5, 5.41) is 9.61. The highest BCUT2D eigenvalue weighted by Gasteiger charge is 2.37. The highest BCUT2D eigenvalue weighted by molar-refractivity contribution is 5.71. The van der Waals surface area contributed by atoms with Crippen molar-refractivity contribution in [1.29, 1.82) is 0 Å². The van der Waals surface area contributed by atoms with Crippen LogP contribution in [-0.4, -0.2) is 59.6 Å². The van der Waals surface area contributed by atoms with Crippen molar-refractivity contribution in [1.82, 2.24) is 9.80 Å². The van der Waals surface area contributed by atoms with Crippen molar-refractivity contribution < 1.29 is 9.90 Å². The van der Waals surface area contributed by atoms with Gasteiger partial charge in [-0.25, -0.2) is 0 Å². The Morgan fingerprint density at radius 2 is 1.90 bits per heavy atom. The summed E-state index contributed by atoms with van der Waals surface area (Å²) in [4.78, 5) is 16.6. The Kier molecular flexibility index (Phi) is 5.85. The number of hydrogen-bond donors (Lipinski definition) is 1. The molecule has 2 rings (SSSR count). The van der Waals surface area contributed by atoms with E-state index in [0.29, 0.717) is 6.04 Å². The van der Waals surface area contributed by atoms with E-state index in [1.807, 2.05) is 0 Å². The van der Waals surface area contributed by atoms with Gasteiger partial charge in [-0.15, -0.1) is 0 Å². The fourth-order valence-electron chi connectivity index (χ4n) is 4.04. The van der Waals surface area contributed by atoms with Crippen LogP contribution in [0.2, 0.25) is 0 Å². The molecule has 3 unspecified atom stereocenters. The van der Waals surface area contributed by atoms with Crippen molar-refractivity contribution in [2.45, 2.75) is 64.0 Å². The minimum Gasteiger partial charge on any atom is -0.481 e. The smallest absolute Gasteiger partial charge is 0.308 e. The molecule has 20 heavy (non-hydrogen) atoms. The molecule has 0 amide bonds. The van der Waals surface area contributed by atoms with E-state index >= 15 is 0 Å². The van der Waals surface area contributed by atoms with Crippen LogP contribution < -0.4 is 0 Å². The highest BCUT2D eigenvalue weighted by atomic mass is 16.4. The molecule has 1 aliphatic carbocycles. The molecular formula is C16H30N2O2. The summed E-state index contributed by atoms with van der Waals surface area (Å²) < 4.78 is 0. The fraction of sp³-hybridized carbons (Fsp3) is 0.938. The molecule has 1 aliphatic heterocycles. The predicted octanol–water partition coefficient (Wildman–Crippen LogP) is 2.44. The van der Waals surface area contributed by atoms with E-state index < -0.39 is 5.97 Å². The Morgan fingerprint density at radius 1 is 1.15 bits per heavy atom. The van der Waals surface area contributed by atoms with Crippen molar-refractivity contribution in [2.75, 3.05) is 26.7 Å². The first-order chi connectivity index (χ1) is 9.63. The average Bonchev–Trinajstić information content (AvgIpc) is 2.76. The molecule has 0 spiro atoms. The maximum atomic E-state index is 11.7. The summed E-state index contributed by atoms with van der Waals surface area (Å²) in [6.07, 6.45) is 7.68. The van der Waals surface area contributed by atoms with Gasteiger partial charge in [0.15, 0.2) is 0 Å². The van der Waals surface area contributed by atoms with Crippen LogP contribution in [0.5, 0.6) is 0 Å². The molecule has 4 heteroatoms. The normalized spacial score (nSPS) is 34.4. The lowest BCUT2D eigenvalue weighted by Crippen LogP contribution is -2.50. The van der Waals surface area contributed by atoms with E-state index in [9.17, 15) is 9.90 Å². The van der Waals surface area contributed by atoms with Gasteiger partial charge in [-0.3, -0.25) is 9.69 Å².